The molecule has 0 bridgehead atoms. The van der Waals surface area contributed by atoms with Crippen molar-refractivity contribution in [3.05, 3.63) is 18.2 Å². The van der Waals surface area contributed by atoms with E-state index in [1.807, 2.05) is 0 Å². The molecule has 0 spiro atoms. The Balaban J connectivity index is 2.13. The molecule has 1 N–H and O–H groups in total. The smallest absolute Gasteiger partial charge is 0.325 e. The van der Waals surface area contributed by atoms with Crippen LogP contribution in [0.15, 0.2) is 18.2 Å². The summed E-state index contributed by atoms with van der Waals surface area (Å²) in [5.41, 5.74) is 0.612. The van der Waals surface area contributed by atoms with Crippen molar-refractivity contribution < 1.29 is 24.2 Å². The number of rotatable bonds is 7. The quantitative estimate of drug-likeness (QED) is 0.779. The number of hydrogen-bond acceptors (Lipinski definition) is 5. The summed E-state index contributed by atoms with van der Waals surface area (Å²) in [6.45, 7) is 1.02. The first-order valence-electron chi connectivity index (χ1n) is 7.65. The molecule has 1 aromatic carbocycles. The number of ether oxygens (including phenoxy) is 2. The molecule has 0 unspecified atom stereocenters. The van der Waals surface area contributed by atoms with Gasteiger partial charge in [0.05, 0.1) is 26.5 Å². The molecule has 1 aliphatic heterocycles. The number of nitrogens with zero attached hydrogens (tertiary/aromatic N) is 3. The molecule has 8 heteroatoms. The minimum Gasteiger partial charge on any atom is -0.497 e. The third-order valence-electron chi connectivity index (χ3n) is 3.96. The highest BCUT2D eigenvalue weighted by Gasteiger charge is 2.33. The van der Waals surface area contributed by atoms with Crippen LogP contribution in [0, 0.1) is 0 Å². The second-order valence-electron chi connectivity index (χ2n) is 5.43. The van der Waals surface area contributed by atoms with Gasteiger partial charge >= 0.3 is 6.03 Å². The number of anilines is 1. The average molecular weight is 337 g/mol. The Morgan fingerprint density at radius 1 is 1.29 bits per heavy atom. The fourth-order valence-electron chi connectivity index (χ4n) is 2.52. The van der Waals surface area contributed by atoms with E-state index in [1.54, 1.807) is 37.3 Å². The van der Waals surface area contributed by atoms with Crippen molar-refractivity contribution in [3.63, 3.8) is 0 Å². The normalized spacial score (nSPS) is 14.1. The van der Waals surface area contributed by atoms with Crippen LogP contribution in [0.3, 0.4) is 0 Å². The van der Waals surface area contributed by atoms with E-state index in [0.29, 0.717) is 30.3 Å². The predicted molar refractivity (Wildman–Crippen MR) is 88.6 cm³/mol. The first-order valence-corrected chi connectivity index (χ1v) is 7.65. The number of methoxy groups -OCH3 is 2. The van der Waals surface area contributed by atoms with Gasteiger partial charge in [0.15, 0.2) is 0 Å². The molecule has 2 rings (SSSR count). The Kier molecular flexibility index (Phi) is 5.86. The summed E-state index contributed by atoms with van der Waals surface area (Å²) in [5.74, 6) is 0.974. The molecule has 1 aromatic rings. The number of aliphatic hydroxyl groups excluding tert-OH is 1. The second-order valence-corrected chi connectivity index (χ2v) is 5.43. The van der Waals surface area contributed by atoms with E-state index in [9.17, 15) is 9.59 Å². The largest absolute Gasteiger partial charge is 0.497 e. The van der Waals surface area contributed by atoms with E-state index in [0.717, 1.165) is 0 Å². The number of carbonyl (C=O) groups excluding carboxylic acids is 2. The number of hydrogen-bond donors (Lipinski definition) is 1. The van der Waals surface area contributed by atoms with Gasteiger partial charge in [-0.15, -0.1) is 0 Å². The highest BCUT2D eigenvalue weighted by molar-refractivity contribution is 5.97. The van der Waals surface area contributed by atoms with Gasteiger partial charge in [-0.3, -0.25) is 9.69 Å². The van der Waals surface area contributed by atoms with Crippen molar-refractivity contribution in [2.24, 2.45) is 0 Å². The van der Waals surface area contributed by atoms with Gasteiger partial charge in [0.25, 0.3) is 0 Å². The number of urea groups is 1. The van der Waals surface area contributed by atoms with Crippen LogP contribution in [0.1, 0.15) is 0 Å². The summed E-state index contributed by atoms with van der Waals surface area (Å²) in [6.07, 6.45) is 0. The van der Waals surface area contributed by atoms with E-state index < -0.39 is 0 Å². The van der Waals surface area contributed by atoms with E-state index in [1.165, 1.54) is 16.9 Å². The van der Waals surface area contributed by atoms with Gasteiger partial charge in [-0.2, -0.15) is 0 Å². The summed E-state index contributed by atoms with van der Waals surface area (Å²) in [4.78, 5) is 29.1. The Labute approximate surface area is 141 Å². The maximum Gasteiger partial charge on any atom is 0.325 e. The van der Waals surface area contributed by atoms with E-state index >= 15 is 0 Å². The van der Waals surface area contributed by atoms with Crippen molar-refractivity contribution in [2.45, 2.75) is 0 Å². The van der Waals surface area contributed by atoms with Crippen LogP contribution >= 0.6 is 0 Å². The summed E-state index contributed by atoms with van der Waals surface area (Å²) < 4.78 is 10.5. The fourth-order valence-corrected chi connectivity index (χ4v) is 2.52. The van der Waals surface area contributed by atoms with Crippen molar-refractivity contribution in [2.75, 3.05) is 59.0 Å². The number of aliphatic hydroxyl groups is 1. The zero-order valence-electron chi connectivity index (χ0n) is 14.2. The highest BCUT2D eigenvalue weighted by Crippen LogP contribution is 2.34. The Bertz CT molecular complexity index is 607. The molecule has 0 aliphatic carbocycles. The Hall–Kier alpha value is -2.48. The zero-order valence-corrected chi connectivity index (χ0v) is 14.2. The SMILES string of the molecule is COc1ccc(OC)c(N2CCN(CC(=O)N(C)CCO)C2=O)c1. The fraction of sp³-hybridized carbons (Fsp3) is 0.500. The zero-order chi connectivity index (χ0) is 17.7. The topological polar surface area (TPSA) is 82.6 Å². The summed E-state index contributed by atoms with van der Waals surface area (Å²) >= 11 is 0. The standard InChI is InChI=1S/C16H23N3O5/c1-17(8-9-20)15(21)11-18-6-7-19(16(18)22)13-10-12(23-2)4-5-14(13)24-3/h4-5,10,20H,6-9,11H2,1-3H3. The van der Waals surface area contributed by atoms with Gasteiger partial charge in [0, 0.05) is 32.7 Å². The van der Waals surface area contributed by atoms with Crippen LogP contribution in [0.4, 0.5) is 10.5 Å². The summed E-state index contributed by atoms with van der Waals surface area (Å²) in [6, 6.07) is 4.98. The molecule has 0 aromatic heterocycles. The average Bonchev–Trinajstić information content (AvgIpc) is 2.95. The van der Waals surface area contributed by atoms with Crippen molar-refractivity contribution in [3.8, 4) is 11.5 Å². The molecule has 1 fully saturated rings. The van der Waals surface area contributed by atoms with Gasteiger partial charge in [0.1, 0.15) is 18.0 Å². The van der Waals surface area contributed by atoms with Gasteiger partial charge < -0.3 is 24.4 Å². The highest BCUT2D eigenvalue weighted by atomic mass is 16.5. The lowest BCUT2D eigenvalue weighted by Crippen LogP contribution is -2.41. The van der Waals surface area contributed by atoms with Crippen LogP contribution < -0.4 is 14.4 Å². The molecule has 0 saturated carbocycles. The molecule has 1 heterocycles. The molecule has 1 aliphatic rings. The third-order valence-corrected chi connectivity index (χ3v) is 3.96. The Morgan fingerprint density at radius 3 is 2.67 bits per heavy atom. The minimum absolute atomic E-state index is 0.0158. The van der Waals surface area contributed by atoms with Crippen LogP contribution in [0.2, 0.25) is 0 Å². The molecule has 8 nitrogen and oxygen atoms in total. The van der Waals surface area contributed by atoms with Crippen molar-refractivity contribution >= 4 is 17.6 Å². The van der Waals surface area contributed by atoms with E-state index in [-0.39, 0.29) is 31.6 Å². The third kappa shape index (κ3) is 3.70. The van der Waals surface area contributed by atoms with Crippen molar-refractivity contribution in [1.82, 2.24) is 9.80 Å². The molecule has 0 radical (unpaired) electrons. The first-order chi connectivity index (χ1) is 11.5. The monoisotopic (exact) mass is 337 g/mol. The molecular weight excluding hydrogens is 314 g/mol. The molecule has 0 atom stereocenters. The number of carbonyl (C=O) groups is 2. The molecular formula is C16H23N3O5. The Morgan fingerprint density at radius 2 is 2.04 bits per heavy atom. The number of likely N-dealkylation sites (N-methyl/N-ethyl adjacent to an activating group) is 1. The molecule has 24 heavy (non-hydrogen) atoms. The lowest BCUT2D eigenvalue weighted by Gasteiger charge is -2.22. The van der Waals surface area contributed by atoms with Crippen LogP contribution in [0.25, 0.3) is 0 Å². The minimum atomic E-state index is -0.257. The molecule has 3 amide bonds. The van der Waals surface area contributed by atoms with Gasteiger partial charge in [-0.05, 0) is 12.1 Å². The maximum absolute atomic E-state index is 12.6. The summed E-state index contributed by atoms with van der Waals surface area (Å²) in [7, 11) is 4.69. The van der Waals surface area contributed by atoms with Crippen LogP contribution in [-0.2, 0) is 4.79 Å². The van der Waals surface area contributed by atoms with Crippen molar-refractivity contribution in [1.29, 1.82) is 0 Å². The predicted octanol–water partition coefficient (Wildman–Crippen LogP) is 0.396. The molecule has 1 saturated heterocycles. The first kappa shape index (κ1) is 17.9. The molecule has 132 valence electrons. The van der Waals surface area contributed by atoms with Gasteiger partial charge in [-0.25, -0.2) is 4.79 Å². The van der Waals surface area contributed by atoms with Crippen LogP contribution in [0.5, 0.6) is 11.5 Å². The van der Waals surface area contributed by atoms with E-state index in [2.05, 4.69) is 0 Å². The second kappa shape index (κ2) is 7.87. The van der Waals surface area contributed by atoms with Gasteiger partial charge in [-0.1, -0.05) is 0 Å². The lowest BCUT2D eigenvalue weighted by atomic mass is 10.2. The van der Waals surface area contributed by atoms with E-state index in [4.69, 9.17) is 14.6 Å². The number of amides is 3. The summed E-state index contributed by atoms with van der Waals surface area (Å²) in [5, 5.41) is 8.89. The lowest BCUT2D eigenvalue weighted by molar-refractivity contribution is -0.130. The van der Waals surface area contributed by atoms with Crippen LogP contribution in [-0.4, -0.2) is 80.9 Å². The van der Waals surface area contributed by atoms with Gasteiger partial charge in [0.2, 0.25) is 5.91 Å². The number of benzene rings is 1. The maximum atomic E-state index is 12.6.